The Balaban J connectivity index is 1.95. The number of aryl methyl sites for hydroxylation is 1. The number of carbonyl (C=O) groups is 1. The van der Waals surface area contributed by atoms with Crippen molar-refractivity contribution in [2.75, 3.05) is 30.8 Å². The third kappa shape index (κ3) is 5.91. The van der Waals surface area contributed by atoms with E-state index in [0.717, 1.165) is 29.7 Å². The van der Waals surface area contributed by atoms with E-state index in [1.165, 1.54) is 0 Å². The maximum atomic E-state index is 14.0. The number of methoxy groups -OCH3 is 1. The number of hydrogen-bond donors (Lipinski definition) is 1. The molecule has 9 heteroatoms. The number of rotatable bonds is 9. The van der Waals surface area contributed by atoms with Gasteiger partial charge in [0.2, 0.25) is 15.9 Å². The molecule has 0 aromatic heterocycles. The second-order valence-electron chi connectivity index (χ2n) is 6.13. The topological polar surface area (TPSA) is 75.7 Å². The van der Waals surface area contributed by atoms with Crippen LogP contribution in [0.25, 0.3) is 0 Å². The minimum atomic E-state index is -3.94. The quantitative estimate of drug-likeness (QED) is 0.642. The summed E-state index contributed by atoms with van der Waals surface area (Å²) < 4.78 is 56.8. The molecule has 6 nitrogen and oxygen atoms in total. The Hall–Kier alpha value is -2.68. The normalized spacial score (nSPS) is 11.1. The van der Waals surface area contributed by atoms with Gasteiger partial charge >= 0.3 is 0 Å². The standard InChI is InChI=1S/C19H22F2N2O4S/c1-27-18-8-4-3-6-14(18)7-5-11-22-19(24)13-23(28(2,25)26)17-10-9-15(20)12-16(17)21/h3-4,6,8-10,12H,5,7,11,13H2,1-2H3,(H,22,24). The van der Waals surface area contributed by atoms with Crippen LogP contribution in [-0.4, -0.2) is 40.8 Å². The molecule has 0 atom stereocenters. The minimum Gasteiger partial charge on any atom is -0.496 e. The maximum Gasteiger partial charge on any atom is 0.240 e. The summed E-state index contributed by atoms with van der Waals surface area (Å²) in [4.78, 5) is 12.1. The molecule has 0 bridgehead atoms. The number of nitrogens with one attached hydrogen (secondary N) is 1. The van der Waals surface area contributed by atoms with E-state index in [4.69, 9.17) is 4.74 Å². The second-order valence-corrected chi connectivity index (χ2v) is 8.04. The SMILES string of the molecule is COc1ccccc1CCCNC(=O)CN(c1ccc(F)cc1F)S(C)(=O)=O. The molecule has 0 heterocycles. The van der Waals surface area contributed by atoms with Crippen molar-refractivity contribution in [2.24, 2.45) is 0 Å². The molecule has 0 aliphatic carbocycles. The number of halogens is 2. The summed E-state index contributed by atoms with van der Waals surface area (Å²) >= 11 is 0. The van der Waals surface area contributed by atoms with Gasteiger partial charge in [0.25, 0.3) is 0 Å². The first-order chi connectivity index (χ1) is 13.2. The molecule has 1 N–H and O–H groups in total. The summed E-state index contributed by atoms with van der Waals surface area (Å²) in [7, 11) is -2.36. The number of carbonyl (C=O) groups excluding carboxylic acids is 1. The summed E-state index contributed by atoms with van der Waals surface area (Å²) in [5, 5.41) is 2.61. The van der Waals surface area contributed by atoms with Gasteiger partial charge in [0.15, 0.2) is 0 Å². The number of hydrogen-bond acceptors (Lipinski definition) is 4. The van der Waals surface area contributed by atoms with Crippen molar-refractivity contribution in [1.82, 2.24) is 5.32 Å². The highest BCUT2D eigenvalue weighted by atomic mass is 32.2. The van der Waals surface area contributed by atoms with Crippen LogP contribution in [0.2, 0.25) is 0 Å². The highest BCUT2D eigenvalue weighted by molar-refractivity contribution is 7.92. The third-order valence-electron chi connectivity index (χ3n) is 4.00. The molecule has 0 spiro atoms. The van der Waals surface area contributed by atoms with E-state index in [9.17, 15) is 22.0 Å². The summed E-state index contributed by atoms with van der Waals surface area (Å²) in [5.74, 6) is -1.73. The van der Waals surface area contributed by atoms with Crippen LogP contribution in [0.5, 0.6) is 5.75 Å². The lowest BCUT2D eigenvalue weighted by Crippen LogP contribution is -2.41. The van der Waals surface area contributed by atoms with Crippen LogP contribution in [0.3, 0.4) is 0 Å². The van der Waals surface area contributed by atoms with Crippen LogP contribution in [0, 0.1) is 11.6 Å². The molecular formula is C19H22F2N2O4S. The van der Waals surface area contributed by atoms with Gasteiger partial charge in [-0.25, -0.2) is 17.2 Å². The molecule has 0 radical (unpaired) electrons. The Kier molecular flexibility index (Phi) is 7.33. The van der Waals surface area contributed by atoms with Gasteiger partial charge in [0.1, 0.15) is 23.9 Å². The summed E-state index contributed by atoms with van der Waals surface area (Å²) in [6.07, 6.45) is 2.12. The van der Waals surface area contributed by atoms with Gasteiger partial charge in [-0.05, 0) is 36.6 Å². The minimum absolute atomic E-state index is 0.306. The van der Waals surface area contributed by atoms with E-state index in [-0.39, 0.29) is 5.69 Å². The van der Waals surface area contributed by atoms with Crippen LogP contribution >= 0.6 is 0 Å². The Morgan fingerprint density at radius 1 is 1.18 bits per heavy atom. The van der Waals surface area contributed by atoms with Crippen molar-refractivity contribution in [3.05, 3.63) is 59.7 Å². The molecule has 0 aliphatic heterocycles. The first-order valence-corrected chi connectivity index (χ1v) is 10.4. The fourth-order valence-electron chi connectivity index (χ4n) is 2.67. The Morgan fingerprint density at radius 2 is 1.89 bits per heavy atom. The summed E-state index contributed by atoms with van der Waals surface area (Å²) in [5.41, 5.74) is 0.610. The fourth-order valence-corrected chi connectivity index (χ4v) is 3.52. The van der Waals surface area contributed by atoms with Gasteiger partial charge < -0.3 is 10.1 Å². The first-order valence-electron chi connectivity index (χ1n) is 8.53. The molecule has 28 heavy (non-hydrogen) atoms. The zero-order valence-corrected chi connectivity index (χ0v) is 16.4. The van der Waals surface area contributed by atoms with Gasteiger partial charge in [0.05, 0.1) is 19.1 Å². The first kappa shape index (κ1) is 21.6. The molecule has 0 fully saturated rings. The van der Waals surface area contributed by atoms with Gasteiger partial charge in [0, 0.05) is 12.6 Å². The lowest BCUT2D eigenvalue weighted by molar-refractivity contribution is -0.119. The number of anilines is 1. The molecule has 0 unspecified atom stereocenters. The van der Waals surface area contributed by atoms with E-state index in [1.54, 1.807) is 7.11 Å². The van der Waals surface area contributed by atoms with E-state index < -0.39 is 34.1 Å². The Bertz CT molecular complexity index is 935. The zero-order chi connectivity index (χ0) is 20.7. The largest absolute Gasteiger partial charge is 0.496 e. The molecule has 1 amide bonds. The number of amides is 1. The molecular weight excluding hydrogens is 390 g/mol. The second kappa shape index (κ2) is 9.50. The van der Waals surface area contributed by atoms with Crippen LogP contribution < -0.4 is 14.4 Å². The molecule has 0 aliphatic rings. The number of sulfonamides is 1. The van der Waals surface area contributed by atoms with Gasteiger partial charge in [-0.2, -0.15) is 0 Å². The van der Waals surface area contributed by atoms with E-state index >= 15 is 0 Å². The highest BCUT2D eigenvalue weighted by Crippen LogP contribution is 2.22. The lowest BCUT2D eigenvalue weighted by Gasteiger charge is -2.22. The van der Waals surface area contributed by atoms with Crippen molar-refractivity contribution >= 4 is 21.6 Å². The molecule has 0 saturated heterocycles. The average molecular weight is 412 g/mol. The van der Waals surface area contributed by atoms with Gasteiger partial charge in [-0.3, -0.25) is 9.10 Å². The molecule has 0 saturated carbocycles. The monoisotopic (exact) mass is 412 g/mol. The molecule has 2 aromatic carbocycles. The van der Waals surface area contributed by atoms with Crippen LogP contribution in [0.15, 0.2) is 42.5 Å². The van der Waals surface area contributed by atoms with Crippen LogP contribution in [0.1, 0.15) is 12.0 Å². The van der Waals surface area contributed by atoms with Crippen molar-refractivity contribution in [3.63, 3.8) is 0 Å². The van der Waals surface area contributed by atoms with Gasteiger partial charge in [-0.15, -0.1) is 0 Å². The Labute approximate surface area is 163 Å². The summed E-state index contributed by atoms with van der Waals surface area (Å²) in [6, 6.07) is 10.00. The van der Waals surface area contributed by atoms with Crippen LogP contribution in [0.4, 0.5) is 14.5 Å². The predicted molar refractivity (Wildman–Crippen MR) is 103 cm³/mol. The smallest absolute Gasteiger partial charge is 0.240 e. The molecule has 2 aromatic rings. The summed E-state index contributed by atoms with van der Waals surface area (Å²) in [6.45, 7) is -0.295. The van der Waals surface area contributed by atoms with Crippen molar-refractivity contribution in [2.45, 2.75) is 12.8 Å². The third-order valence-corrected chi connectivity index (χ3v) is 5.13. The fraction of sp³-hybridized carbons (Fsp3) is 0.316. The van der Waals surface area contributed by atoms with Crippen molar-refractivity contribution in [3.8, 4) is 5.75 Å². The molecule has 152 valence electrons. The van der Waals surface area contributed by atoms with Gasteiger partial charge in [-0.1, -0.05) is 18.2 Å². The number of nitrogens with zero attached hydrogens (tertiary/aromatic N) is 1. The van der Waals surface area contributed by atoms with Crippen molar-refractivity contribution in [1.29, 1.82) is 0 Å². The maximum absolute atomic E-state index is 14.0. The average Bonchev–Trinajstić information content (AvgIpc) is 2.63. The van der Waals surface area contributed by atoms with E-state index in [0.29, 0.717) is 29.8 Å². The Morgan fingerprint density at radius 3 is 2.54 bits per heavy atom. The molecule has 2 rings (SSSR count). The number of para-hydroxylation sites is 1. The van der Waals surface area contributed by atoms with Crippen LogP contribution in [-0.2, 0) is 21.2 Å². The highest BCUT2D eigenvalue weighted by Gasteiger charge is 2.23. The number of ether oxygens (including phenoxy) is 1. The van der Waals surface area contributed by atoms with Crippen molar-refractivity contribution < 1.29 is 26.7 Å². The van der Waals surface area contributed by atoms with E-state index in [2.05, 4.69) is 5.32 Å². The predicted octanol–water partition coefficient (Wildman–Crippen LogP) is 2.49. The van der Waals surface area contributed by atoms with E-state index in [1.807, 2.05) is 24.3 Å². The lowest BCUT2D eigenvalue weighted by atomic mass is 10.1. The number of benzene rings is 2. The zero-order valence-electron chi connectivity index (χ0n) is 15.6.